The number of hydrogen-bond acceptors (Lipinski definition) is 7. The number of unbranched alkanes of at least 4 members (excludes halogenated alkanes) is 1. The van der Waals surface area contributed by atoms with E-state index >= 15 is 0 Å². The maximum atomic E-state index is 13.0. The van der Waals surface area contributed by atoms with Crippen LogP contribution in [0, 0.1) is 0 Å². The zero-order valence-electron chi connectivity index (χ0n) is 19.5. The minimum atomic E-state index is -1.05. The van der Waals surface area contributed by atoms with Crippen LogP contribution in [0.25, 0.3) is 0 Å². The standard InChI is InChI=1S/C23H37N5O3/c1-16(29)22(2,3)28-26-15-17-10-12-18(13-11-17)20(30)23(4,5)27-21(31)19(25-6)9-7-8-14-24/h10-13,15,19,25,28H,7-9,14,24H2,1-6H3,(H,27,31)/t19-/m0/s1. The Balaban J connectivity index is 2.78. The highest BCUT2D eigenvalue weighted by molar-refractivity contribution is 6.05. The summed E-state index contributed by atoms with van der Waals surface area (Å²) in [5, 5.41) is 9.96. The number of Topliss-reactive ketones (excluding diaryl/α,β-unsaturated/α-hetero) is 2. The first-order chi connectivity index (χ1) is 14.4. The summed E-state index contributed by atoms with van der Waals surface area (Å²) in [4.78, 5) is 37.1. The third-order valence-electron chi connectivity index (χ3n) is 5.23. The molecule has 8 nitrogen and oxygen atoms in total. The van der Waals surface area contributed by atoms with Gasteiger partial charge >= 0.3 is 0 Å². The Labute approximate surface area is 185 Å². The van der Waals surface area contributed by atoms with Gasteiger partial charge in [-0.25, -0.2) is 0 Å². The topological polar surface area (TPSA) is 126 Å². The molecule has 0 saturated heterocycles. The quantitative estimate of drug-likeness (QED) is 0.163. The average Bonchev–Trinajstić information content (AvgIpc) is 2.70. The van der Waals surface area contributed by atoms with Gasteiger partial charge in [0.05, 0.1) is 17.8 Å². The van der Waals surface area contributed by atoms with Crippen molar-refractivity contribution in [2.45, 2.75) is 71.0 Å². The summed E-state index contributed by atoms with van der Waals surface area (Å²) in [6.45, 7) is 8.99. The SMILES string of the molecule is CN[C@@H](CCCCN)C(=O)NC(C)(C)C(=O)c1ccc(C=NNC(C)(C)C(C)=O)cc1. The molecular weight excluding hydrogens is 394 g/mol. The molecule has 0 heterocycles. The first-order valence-corrected chi connectivity index (χ1v) is 10.6. The van der Waals surface area contributed by atoms with Crippen LogP contribution >= 0.6 is 0 Å². The Morgan fingerprint density at radius 1 is 1.06 bits per heavy atom. The first-order valence-electron chi connectivity index (χ1n) is 10.6. The Morgan fingerprint density at radius 2 is 1.68 bits per heavy atom. The van der Waals surface area contributed by atoms with Crippen LogP contribution in [0.1, 0.15) is 69.8 Å². The zero-order valence-corrected chi connectivity index (χ0v) is 19.5. The lowest BCUT2D eigenvalue weighted by Crippen LogP contribution is -2.55. The second kappa shape index (κ2) is 11.7. The van der Waals surface area contributed by atoms with Crippen LogP contribution in [0.4, 0.5) is 0 Å². The third-order valence-corrected chi connectivity index (χ3v) is 5.23. The molecule has 0 bridgehead atoms. The van der Waals surface area contributed by atoms with Crippen molar-refractivity contribution in [2.75, 3.05) is 13.6 Å². The van der Waals surface area contributed by atoms with E-state index in [4.69, 9.17) is 5.73 Å². The van der Waals surface area contributed by atoms with Gasteiger partial charge in [-0.1, -0.05) is 30.7 Å². The molecule has 31 heavy (non-hydrogen) atoms. The van der Waals surface area contributed by atoms with E-state index < -0.39 is 11.1 Å². The number of benzene rings is 1. The van der Waals surface area contributed by atoms with E-state index in [1.165, 1.54) is 6.92 Å². The summed E-state index contributed by atoms with van der Waals surface area (Å²) >= 11 is 0. The number of carbonyl (C=O) groups is 3. The molecular formula is C23H37N5O3. The van der Waals surface area contributed by atoms with Gasteiger partial charge in [0, 0.05) is 5.56 Å². The van der Waals surface area contributed by atoms with Crippen LogP contribution in [0.3, 0.4) is 0 Å². The second-order valence-electron chi connectivity index (χ2n) is 8.74. The van der Waals surface area contributed by atoms with Crippen molar-refractivity contribution in [3.63, 3.8) is 0 Å². The maximum Gasteiger partial charge on any atom is 0.237 e. The van der Waals surface area contributed by atoms with Gasteiger partial charge < -0.3 is 16.4 Å². The van der Waals surface area contributed by atoms with Gasteiger partial charge in [-0.05, 0) is 66.6 Å². The number of nitrogens with two attached hydrogens (primary N) is 1. The van der Waals surface area contributed by atoms with Crippen LogP contribution in [0.15, 0.2) is 29.4 Å². The summed E-state index contributed by atoms with van der Waals surface area (Å²) in [7, 11) is 1.73. The fourth-order valence-electron chi connectivity index (χ4n) is 2.78. The van der Waals surface area contributed by atoms with Gasteiger partial charge in [0.15, 0.2) is 11.6 Å². The average molecular weight is 432 g/mol. The molecule has 0 radical (unpaired) electrons. The highest BCUT2D eigenvalue weighted by Gasteiger charge is 2.32. The predicted octanol–water partition coefficient (Wildman–Crippen LogP) is 1.77. The number of nitrogens with one attached hydrogen (secondary N) is 3. The molecule has 5 N–H and O–H groups in total. The van der Waals surface area contributed by atoms with Crippen molar-refractivity contribution >= 4 is 23.7 Å². The van der Waals surface area contributed by atoms with Crippen molar-refractivity contribution in [2.24, 2.45) is 10.8 Å². The highest BCUT2D eigenvalue weighted by Crippen LogP contribution is 2.15. The Hall–Kier alpha value is -2.58. The monoisotopic (exact) mass is 431 g/mol. The van der Waals surface area contributed by atoms with Crippen molar-refractivity contribution in [3.8, 4) is 0 Å². The van der Waals surface area contributed by atoms with Crippen molar-refractivity contribution in [1.29, 1.82) is 0 Å². The van der Waals surface area contributed by atoms with Crippen LogP contribution in [-0.2, 0) is 9.59 Å². The van der Waals surface area contributed by atoms with Crippen molar-refractivity contribution < 1.29 is 14.4 Å². The molecule has 0 aliphatic heterocycles. The molecule has 0 unspecified atom stereocenters. The van der Waals surface area contributed by atoms with Crippen molar-refractivity contribution in [1.82, 2.24) is 16.1 Å². The number of rotatable bonds is 13. The van der Waals surface area contributed by atoms with Gasteiger partial charge in [0.1, 0.15) is 5.54 Å². The molecule has 8 heteroatoms. The molecule has 0 saturated carbocycles. The minimum Gasteiger partial charge on any atom is -0.342 e. The lowest BCUT2D eigenvalue weighted by molar-refractivity contribution is -0.124. The molecule has 1 aromatic rings. The van der Waals surface area contributed by atoms with Gasteiger partial charge in [0.25, 0.3) is 0 Å². The van der Waals surface area contributed by atoms with Gasteiger partial charge in [0.2, 0.25) is 5.91 Å². The molecule has 0 spiro atoms. The van der Waals surface area contributed by atoms with Crippen LogP contribution in [0.2, 0.25) is 0 Å². The Kier molecular flexibility index (Phi) is 10.00. The van der Waals surface area contributed by atoms with Crippen LogP contribution < -0.4 is 21.8 Å². The van der Waals surface area contributed by atoms with E-state index in [1.807, 2.05) is 0 Å². The zero-order chi connectivity index (χ0) is 23.7. The van der Waals surface area contributed by atoms with E-state index in [0.717, 1.165) is 18.4 Å². The molecule has 0 aliphatic carbocycles. The fourth-order valence-corrected chi connectivity index (χ4v) is 2.78. The van der Waals surface area contributed by atoms with E-state index in [-0.39, 0.29) is 23.5 Å². The van der Waals surface area contributed by atoms with E-state index in [0.29, 0.717) is 18.5 Å². The maximum absolute atomic E-state index is 13.0. The summed E-state index contributed by atoms with van der Waals surface area (Å²) in [6, 6.07) is 6.55. The molecule has 1 aromatic carbocycles. The summed E-state index contributed by atoms with van der Waals surface area (Å²) < 4.78 is 0. The molecule has 1 rings (SSSR count). The van der Waals surface area contributed by atoms with Gasteiger partial charge in [-0.15, -0.1) is 0 Å². The normalized spacial score (nSPS) is 13.1. The minimum absolute atomic E-state index is 0.0187. The molecule has 0 aromatic heterocycles. The smallest absolute Gasteiger partial charge is 0.237 e. The lowest BCUT2D eigenvalue weighted by Gasteiger charge is -2.27. The lowest BCUT2D eigenvalue weighted by atomic mass is 9.92. The number of hydrogen-bond donors (Lipinski definition) is 4. The largest absolute Gasteiger partial charge is 0.342 e. The fraction of sp³-hybridized carbons (Fsp3) is 0.565. The number of carbonyl (C=O) groups excluding carboxylic acids is 3. The van der Waals surface area contributed by atoms with Gasteiger partial charge in [-0.3, -0.25) is 19.8 Å². The third kappa shape index (κ3) is 8.22. The predicted molar refractivity (Wildman–Crippen MR) is 124 cm³/mol. The number of amides is 1. The summed E-state index contributed by atoms with van der Waals surface area (Å²) in [6.07, 6.45) is 3.94. The van der Waals surface area contributed by atoms with E-state index in [2.05, 4.69) is 21.2 Å². The number of nitrogens with zero attached hydrogens (tertiary/aromatic N) is 1. The Morgan fingerprint density at radius 3 is 2.19 bits per heavy atom. The number of likely N-dealkylation sites (N-methyl/N-ethyl adjacent to an activating group) is 1. The summed E-state index contributed by atoms with van der Waals surface area (Å²) in [5.74, 6) is -0.410. The molecule has 1 amide bonds. The number of ketones is 2. The van der Waals surface area contributed by atoms with E-state index in [9.17, 15) is 14.4 Å². The highest BCUT2D eigenvalue weighted by atomic mass is 16.2. The van der Waals surface area contributed by atoms with E-state index in [1.54, 1.807) is 65.2 Å². The van der Waals surface area contributed by atoms with Crippen LogP contribution in [0.5, 0.6) is 0 Å². The second-order valence-corrected chi connectivity index (χ2v) is 8.74. The molecule has 0 fully saturated rings. The number of hydrazone groups is 1. The molecule has 0 aliphatic rings. The molecule has 1 atom stereocenters. The first kappa shape index (κ1) is 26.5. The van der Waals surface area contributed by atoms with Crippen molar-refractivity contribution in [3.05, 3.63) is 35.4 Å². The Bertz CT molecular complexity index is 785. The van der Waals surface area contributed by atoms with Gasteiger partial charge in [-0.2, -0.15) is 5.10 Å². The van der Waals surface area contributed by atoms with Crippen LogP contribution in [-0.4, -0.2) is 54.4 Å². The summed E-state index contributed by atoms with van der Waals surface area (Å²) in [5.41, 5.74) is 7.80. The molecule has 172 valence electrons.